The third kappa shape index (κ3) is 4.48. The van der Waals surface area contributed by atoms with Crippen molar-refractivity contribution in [1.82, 2.24) is 5.43 Å². The van der Waals surface area contributed by atoms with Gasteiger partial charge in [0.15, 0.2) is 11.5 Å². The molecule has 0 heterocycles. The average molecular weight is 378 g/mol. The lowest BCUT2D eigenvalue weighted by molar-refractivity contribution is -0.385. The second-order valence-electron chi connectivity index (χ2n) is 5.25. The third-order valence-corrected chi connectivity index (χ3v) is 3.65. The van der Waals surface area contributed by atoms with E-state index < -0.39 is 10.8 Å². The summed E-state index contributed by atoms with van der Waals surface area (Å²) >= 11 is 6.01. The van der Waals surface area contributed by atoms with E-state index in [9.17, 15) is 20.0 Å². The number of phenolic OH excluding ortho intramolecular Hbond substituents is 1. The van der Waals surface area contributed by atoms with Crippen LogP contribution in [0.25, 0.3) is 0 Å². The number of nitrogens with one attached hydrogen (secondary N) is 1. The number of nitro benzene ring substituents is 1. The van der Waals surface area contributed by atoms with Crippen LogP contribution in [0.2, 0.25) is 5.02 Å². The molecule has 8 nitrogen and oxygen atoms in total. The van der Waals surface area contributed by atoms with Gasteiger partial charge in [-0.3, -0.25) is 14.9 Å². The van der Waals surface area contributed by atoms with Crippen LogP contribution in [0.1, 0.15) is 28.4 Å². The first-order valence-corrected chi connectivity index (χ1v) is 7.95. The molecule has 2 aromatic carbocycles. The number of nitrogens with zero attached hydrogens (tertiary/aromatic N) is 2. The number of nitro groups is 1. The quantitative estimate of drug-likeness (QED) is 0.454. The molecular weight excluding hydrogens is 362 g/mol. The Morgan fingerprint density at radius 1 is 1.42 bits per heavy atom. The zero-order chi connectivity index (χ0) is 19.3. The van der Waals surface area contributed by atoms with Gasteiger partial charge in [0, 0.05) is 11.6 Å². The third-order valence-electron chi connectivity index (χ3n) is 3.34. The van der Waals surface area contributed by atoms with Crippen molar-refractivity contribution in [2.24, 2.45) is 5.10 Å². The minimum atomic E-state index is -0.621. The summed E-state index contributed by atoms with van der Waals surface area (Å²) in [5.74, 6) is -0.916. The van der Waals surface area contributed by atoms with E-state index in [2.05, 4.69) is 10.5 Å². The van der Waals surface area contributed by atoms with Crippen LogP contribution in [0.3, 0.4) is 0 Å². The van der Waals surface area contributed by atoms with Crippen molar-refractivity contribution in [3.8, 4) is 11.5 Å². The van der Waals surface area contributed by atoms with Gasteiger partial charge in [0.1, 0.15) is 0 Å². The van der Waals surface area contributed by atoms with Crippen molar-refractivity contribution in [1.29, 1.82) is 0 Å². The number of hydrogen-bond acceptors (Lipinski definition) is 6. The first-order chi connectivity index (χ1) is 12.3. The molecule has 0 bridgehead atoms. The fourth-order valence-electron chi connectivity index (χ4n) is 2.11. The summed E-state index contributed by atoms with van der Waals surface area (Å²) < 4.78 is 5.17. The molecule has 0 atom stereocenters. The highest BCUT2D eigenvalue weighted by atomic mass is 35.5. The van der Waals surface area contributed by atoms with Crippen LogP contribution in [-0.4, -0.2) is 28.8 Å². The predicted octanol–water partition coefficient (Wildman–Crippen LogP) is 3.42. The topological polar surface area (TPSA) is 114 Å². The van der Waals surface area contributed by atoms with Crippen molar-refractivity contribution in [3.05, 3.63) is 62.2 Å². The highest BCUT2D eigenvalue weighted by molar-refractivity contribution is 6.33. The summed E-state index contributed by atoms with van der Waals surface area (Å²) in [5, 5.41) is 25.1. The van der Waals surface area contributed by atoms with Gasteiger partial charge in [0.2, 0.25) is 0 Å². The molecule has 0 fully saturated rings. The fourth-order valence-corrected chi connectivity index (χ4v) is 2.43. The van der Waals surface area contributed by atoms with E-state index in [1.807, 2.05) is 6.92 Å². The van der Waals surface area contributed by atoms with Crippen LogP contribution in [0, 0.1) is 17.0 Å². The number of hydrogen-bond donors (Lipinski definition) is 2. The lowest BCUT2D eigenvalue weighted by Gasteiger charge is -2.08. The molecule has 0 spiro atoms. The van der Waals surface area contributed by atoms with E-state index in [-0.39, 0.29) is 39.9 Å². The predicted molar refractivity (Wildman–Crippen MR) is 97.2 cm³/mol. The number of amides is 1. The number of hydrazone groups is 1. The summed E-state index contributed by atoms with van der Waals surface area (Å²) in [4.78, 5) is 22.5. The molecule has 26 heavy (non-hydrogen) atoms. The Labute approximate surface area is 154 Å². The van der Waals surface area contributed by atoms with E-state index in [4.69, 9.17) is 16.3 Å². The lowest BCUT2D eigenvalue weighted by Crippen LogP contribution is -2.18. The van der Waals surface area contributed by atoms with E-state index in [1.54, 1.807) is 25.1 Å². The summed E-state index contributed by atoms with van der Waals surface area (Å²) in [6.07, 6.45) is 1.09. The standard InChI is InChI=1S/C17H16ClN3O5/c1-3-26-15-8-12(21(24)25)7-11(16(15)22)9-19-20-17(23)13-5-4-10(2)6-14(13)18/h4-9,22H,3H2,1-2H3,(H,20,23)/b19-9+. The second kappa shape index (κ2) is 8.30. The van der Waals surface area contributed by atoms with Gasteiger partial charge in [0.05, 0.1) is 34.4 Å². The van der Waals surface area contributed by atoms with Gasteiger partial charge < -0.3 is 9.84 Å². The molecule has 0 aliphatic rings. The van der Waals surface area contributed by atoms with Crippen LogP contribution in [0.5, 0.6) is 11.5 Å². The molecule has 0 aliphatic heterocycles. The van der Waals surface area contributed by atoms with Gasteiger partial charge in [-0.25, -0.2) is 5.43 Å². The Kier molecular flexibility index (Phi) is 6.13. The van der Waals surface area contributed by atoms with Gasteiger partial charge in [-0.15, -0.1) is 0 Å². The Balaban J connectivity index is 2.24. The SMILES string of the molecule is CCOc1cc([N+](=O)[O-])cc(/C=N/NC(=O)c2ccc(C)cc2Cl)c1O. The molecule has 0 aromatic heterocycles. The number of aryl methyl sites for hydroxylation is 1. The molecule has 2 N–H and O–H groups in total. The number of carbonyl (C=O) groups is 1. The number of aromatic hydroxyl groups is 1. The minimum Gasteiger partial charge on any atom is -0.504 e. The first-order valence-electron chi connectivity index (χ1n) is 7.57. The number of benzene rings is 2. The van der Waals surface area contributed by atoms with Crippen LogP contribution in [0.15, 0.2) is 35.4 Å². The van der Waals surface area contributed by atoms with Gasteiger partial charge in [-0.2, -0.15) is 5.10 Å². The Hall–Kier alpha value is -3.13. The molecule has 9 heteroatoms. The summed E-state index contributed by atoms with van der Waals surface area (Å²) in [6.45, 7) is 3.73. The van der Waals surface area contributed by atoms with Crippen LogP contribution < -0.4 is 10.2 Å². The van der Waals surface area contributed by atoms with E-state index in [0.717, 1.165) is 23.9 Å². The van der Waals surface area contributed by atoms with Crippen molar-refractivity contribution in [3.63, 3.8) is 0 Å². The van der Waals surface area contributed by atoms with Gasteiger partial charge in [-0.05, 0) is 31.5 Å². The summed E-state index contributed by atoms with van der Waals surface area (Å²) in [6, 6.07) is 7.15. The van der Waals surface area contributed by atoms with Gasteiger partial charge in [-0.1, -0.05) is 17.7 Å². The maximum Gasteiger partial charge on any atom is 0.274 e. The lowest BCUT2D eigenvalue weighted by atomic mass is 10.1. The monoisotopic (exact) mass is 377 g/mol. The van der Waals surface area contributed by atoms with E-state index in [1.165, 1.54) is 0 Å². The maximum atomic E-state index is 12.1. The van der Waals surface area contributed by atoms with E-state index >= 15 is 0 Å². The van der Waals surface area contributed by atoms with Crippen molar-refractivity contribution < 1.29 is 19.6 Å². The molecule has 136 valence electrons. The molecule has 1 amide bonds. The molecule has 2 aromatic rings. The Morgan fingerprint density at radius 3 is 2.77 bits per heavy atom. The highest BCUT2D eigenvalue weighted by Gasteiger charge is 2.16. The summed E-state index contributed by atoms with van der Waals surface area (Å²) in [5.41, 5.74) is 3.14. The number of rotatable bonds is 6. The Bertz CT molecular complexity index is 883. The first kappa shape index (κ1) is 19.2. The molecule has 0 unspecified atom stereocenters. The van der Waals surface area contributed by atoms with Crippen molar-refractivity contribution in [2.45, 2.75) is 13.8 Å². The number of carbonyl (C=O) groups excluding carboxylic acids is 1. The molecule has 2 rings (SSSR count). The normalized spacial score (nSPS) is 10.7. The molecule has 0 saturated carbocycles. The second-order valence-corrected chi connectivity index (χ2v) is 5.66. The minimum absolute atomic E-state index is 0.0259. The zero-order valence-corrected chi connectivity index (χ0v) is 14.8. The van der Waals surface area contributed by atoms with Gasteiger partial charge >= 0.3 is 0 Å². The molecular formula is C17H16ClN3O5. The number of non-ortho nitro benzene ring substituents is 1. The average Bonchev–Trinajstić information content (AvgIpc) is 2.57. The largest absolute Gasteiger partial charge is 0.504 e. The smallest absolute Gasteiger partial charge is 0.274 e. The van der Waals surface area contributed by atoms with Crippen molar-refractivity contribution in [2.75, 3.05) is 6.61 Å². The molecule has 0 saturated heterocycles. The number of halogens is 1. The zero-order valence-electron chi connectivity index (χ0n) is 14.0. The Morgan fingerprint density at radius 2 is 2.15 bits per heavy atom. The number of phenols is 1. The van der Waals surface area contributed by atoms with Gasteiger partial charge in [0.25, 0.3) is 11.6 Å². The molecule has 0 aliphatic carbocycles. The van der Waals surface area contributed by atoms with Crippen molar-refractivity contribution >= 4 is 29.4 Å². The summed E-state index contributed by atoms with van der Waals surface area (Å²) in [7, 11) is 0. The maximum absolute atomic E-state index is 12.1. The highest BCUT2D eigenvalue weighted by Crippen LogP contribution is 2.33. The van der Waals surface area contributed by atoms with E-state index in [0.29, 0.717) is 0 Å². The molecule has 0 radical (unpaired) electrons. The van der Waals surface area contributed by atoms with Crippen LogP contribution in [0.4, 0.5) is 5.69 Å². The fraction of sp³-hybridized carbons (Fsp3) is 0.176. The van der Waals surface area contributed by atoms with Crippen LogP contribution >= 0.6 is 11.6 Å². The number of ether oxygens (including phenoxy) is 1. The van der Waals surface area contributed by atoms with Crippen LogP contribution in [-0.2, 0) is 0 Å².